The van der Waals surface area contributed by atoms with E-state index in [2.05, 4.69) is 27.7 Å². The van der Waals surface area contributed by atoms with Crippen LogP contribution in [0.15, 0.2) is 84.9 Å². The van der Waals surface area contributed by atoms with E-state index in [1.54, 1.807) is 60.7 Å². The van der Waals surface area contributed by atoms with E-state index in [1.165, 1.54) is 0 Å². The molecule has 0 saturated carbocycles. The van der Waals surface area contributed by atoms with Crippen LogP contribution in [0.1, 0.15) is 99.8 Å². The highest BCUT2D eigenvalue weighted by Gasteiger charge is 2.18. The van der Waals surface area contributed by atoms with Crippen molar-refractivity contribution in [1.29, 1.82) is 0 Å². The summed E-state index contributed by atoms with van der Waals surface area (Å²) in [5.74, 6) is 2.02. The van der Waals surface area contributed by atoms with Gasteiger partial charge < -0.3 is 28.4 Å². The van der Waals surface area contributed by atoms with Gasteiger partial charge in [0.05, 0.1) is 26.4 Å². The maximum absolute atomic E-state index is 13.2. The summed E-state index contributed by atoms with van der Waals surface area (Å²) in [6, 6.07) is 24.9. The number of rotatable bonds is 21. The number of hydrogen-bond donors (Lipinski definition) is 0. The van der Waals surface area contributed by atoms with Gasteiger partial charge in [0, 0.05) is 12.1 Å². The molecule has 0 spiro atoms. The van der Waals surface area contributed by atoms with Gasteiger partial charge in [-0.1, -0.05) is 77.6 Å². The molecule has 0 aromatic heterocycles. The molecule has 0 aliphatic heterocycles. The van der Waals surface area contributed by atoms with E-state index in [0.29, 0.717) is 72.1 Å². The van der Waals surface area contributed by atoms with E-state index in [-0.39, 0.29) is 0 Å². The Kier molecular flexibility index (Phi) is 15.5. The molecule has 8 heteroatoms. The summed E-state index contributed by atoms with van der Waals surface area (Å²) in [4.78, 5) is 26.4. The zero-order valence-electron chi connectivity index (χ0n) is 29.8. The van der Waals surface area contributed by atoms with Crippen LogP contribution in [-0.2, 0) is 0 Å². The first-order valence-corrected chi connectivity index (χ1v) is 17.9. The number of unbranched alkanes of at least 4 members (excludes halogenated alkanes) is 4. The van der Waals surface area contributed by atoms with Gasteiger partial charge in [-0.05, 0) is 85.3 Å². The van der Waals surface area contributed by atoms with Crippen molar-refractivity contribution in [2.24, 2.45) is 0 Å². The largest absolute Gasteiger partial charge is 0.493 e. The fraction of sp³-hybridized carbons (Fsp3) is 0.381. The first kappa shape index (κ1) is 37.8. The topological polar surface area (TPSA) is 89.5 Å². The molecular weight excluding hydrogens is 632 g/mol. The number of hydrogen-bond acceptors (Lipinski definition) is 8. The third kappa shape index (κ3) is 11.6. The van der Waals surface area contributed by atoms with Gasteiger partial charge in [-0.3, -0.25) is 0 Å². The van der Waals surface area contributed by atoms with Crippen molar-refractivity contribution >= 4 is 11.9 Å². The summed E-state index contributed by atoms with van der Waals surface area (Å²) < 4.78 is 35.0. The molecule has 0 amide bonds. The highest BCUT2D eigenvalue weighted by molar-refractivity contribution is 5.95. The molecule has 0 atom stereocenters. The van der Waals surface area contributed by atoms with Crippen LogP contribution in [0.25, 0.3) is 11.1 Å². The van der Waals surface area contributed by atoms with Gasteiger partial charge in [-0.2, -0.15) is 0 Å². The van der Waals surface area contributed by atoms with Crippen molar-refractivity contribution in [2.45, 2.75) is 79.1 Å². The van der Waals surface area contributed by atoms with Crippen LogP contribution in [0.2, 0.25) is 0 Å². The average molecular weight is 683 g/mol. The molecule has 4 aromatic carbocycles. The first-order chi connectivity index (χ1) is 24.4. The highest BCUT2D eigenvalue weighted by Crippen LogP contribution is 2.30. The summed E-state index contributed by atoms with van der Waals surface area (Å²) in [7, 11) is 0. The fourth-order valence-electron chi connectivity index (χ4n) is 4.84. The van der Waals surface area contributed by atoms with Crippen LogP contribution in [0.3, 0.4) is 0 Å². The minimum absolute atomic E-state index is 0.342. The molecule has 0 bridgehead atoms. The van der Waals surface area contributed by atoms with Crippen LogP contribution in [-0.4, -0.2) is 38.4 Å². The Morgan fingerprint density at radius 3 is 1.08 bits per heavy atom. The summed E-state index contributed by atoms with van der Waals surface area (Å²) in [6.07, 6.45) is 7.67. The van der Waals surface area contributed by atoms with Crippen molar-refractivity contribution in [3.63, 3.8) is 0 Å². The standard InChI is InChI=1S/C42H50O8/c1-5-9-25-45-35-21-23-37(39(29-35)47-27-11-7-3)41(43)49-33-17-13-31(14-18-33)32-15-19-34(20-16-32)50-42(44)38-24-22-36(46-26-10-6-2)30-40(38)48-28-12-8-4/h13-24,29-30H,5-12,25-28H2,1-4H3. The second-order valence-electron chi connectivity index (χ2n) is 12.0. The fourth-order valence-corrected chi connectivity index (χ4v) is 4.84. The minimum atomic E-state index is -0.506. The minimum Gasteiger partial charge on any atom is -0.493 e. The average Bonchev–Trinajstić information content (AvgIpc) is 3.13. The Hall–Kier alpha value is -4.98. The number of ether oxygens (including phenoxy) is 6. The van der Waals surface area contributed by atoms with Crippen molar-refractivity contribution in [3.8, 4) is 45.6 Å². The Labute approximate surface area is 296 Å². The first-order valence-electron chi connectivity index (χ1n) is 17.9. The smallest absolute Gasteiger partial charge is 0.347 e. The van der Waals surface area contributed by atoms with E-state index >= 15 is 0 Å². The maximum atomic E-state index is 13.2. The molecule has 0 heterocycles. The summed E-state index contributed by atoms with van der Waals surface area (Å²) in [5.41, 5.74) is 2.50. The van der Waals surface area contributed by atoms with Crippen LogP contribution in [0.5, 0.6) is 34.5 Å². The van der Waals surface area contributed by atoms with Gasteiger partial charge in [0.1, 0.15) is 45.6 Å². The van der Waals surface area contributed by atoms with Crippen molar-refractivity contribution in [3.05, 3.63) is 96.1 Å². The molecule has 0 saturated heterocycles. The molecule has 0 aliphatic rings. The number of carbonyl (C=O) groups excluding carboxylic acids is 2. The Morgan fingerprint density at radius 1 is 0.420 bits per heavy atom. The summed E-state index contributed by atoms with van der Waals surface area (Å²) >= 11 is 0. The molecule has 0 aliphatic carbocycles. The van der Waals surface area contributed by atoms with Gasteiger partial charge in [0.2, 0.25) is 0 Å². The predicted molar refractivity (Wildman–Crippen MR) is 196 cm³/mol. The van der Waals surface area contributed by atoms with Gasteiger partial charge in [0.25, 0.3) is 0 Å². The molecule has 0 N–H and O–H groups in total. The van der Waals surface area contributed by atoms with E-state index in [1.807, 2.05) is 24.3 Å². The Balaban J connectivity index is 1.39. The van der Waals surface area contributed by atoms with Crippen LogP contribution in [0.4, 0.5) is 0 Å². The van der Waals surface area contributed by atoms with Gasteiger partial charge in [0.15, 0.2) is 0 Å². The quantitative estimate of drug-likeness (QED) is 0.0487. The van der Waals surface area contributed by atoms with E-state index in [0.717, 1.165) is 62.5 Å². The third-order valence-corrected chi connectivity index (χ3v) is 7.85. The second kappa shape index (κ2) is 20.5. The zero-order valence-corrected chi connectivity index (χ0v) is 29.8. The lowest BCUT2D eigenvalue weighted by atomic mass is 10.1. The lowest BCUT2D eigenvalue weighted by Gasteiger charge is -2.14. The lowest BCUT2D eigenvalue weighted by molar-refractivity contribution is 0.0720. The molecular formula is C42H50O8. The Morgan fingerprint density at radius 2 is 0.740 bits per heavy atom. The van der Waals surface area contributed by atoms with E-state index < -0.39 is 11.9 Å². The Bertz CT molecular complexity index is 1510. The van der Waals surface area contributed by atoms with Crippen molar-refractivity contribution < 1.29 is 38.0 Å². The van der Waals surface area contributed by atoms with Gasteiger partial charge in [-0.15, -0.1) is 0 Å². The molecule has 0 fully saturated rings. The normalized spacial score (nSPS) is 10.7. The number of carbonyl (C=O) groups is 2. The molecule has 0 unspecified atom stereocenters. The summed E-state index contributed by atoms with van der Waals surface area (Å²) in [6.45, 7) is 10.6. The highest BCUT2D eigenvalue weighted by atomic mass is 16.5. The molecule has 0 radical (unpaired) electrons. The molecule has 4 aromatic rings. The maximum Gasteiger partial charge on any atom is 0.347 e. The van der Waals surface area contributed by atoms with E-state index in [4.69, 9.17) is 28.4 Å². The second-order valence-corrected chi connectivity index (χ2v) is 12.0. The molecule has 266 valence electrons. The van der Waals surface area contributed by atoms with Gasteiger partial charge in [-0.25, -0.2) is 9.59 Å². The summed E-state index contributed by atoms with van der Waals surface area (Å²) in [5, 5.41) is 0. The zero-order chi connectivity index (χ0) is 35.6. The SMILES string of the molecule is CCCCOc1ccc(C(=O)Oc2ccc(-c3ccc(OC(=O)c4ccc(OCCCC)cc4OCCCC)cc3)cc2)c(OCCCC)c1. The third-order valence-electron chi connectivity index (χ3n) is 7.85. The van der Waals surface area contributed by atoms with Crippen LogP contribution in [0, 0.1) is 0 Å². The predicted octanol–water partition coefficient (Wildman–Crippen LogP) is 10.5. The molecule has 50 heavy (non-hydrogen) atoms. The molecule has 4 rings (SSSR count). The monoisotopic (exact) mass is 682 g/mol. The molecule has 8 nitrogen and oxygen atoms in total. The number of benzene rings is 4. The van der Waals surface area contributed by atoms with E-state index in [9.17, 15) is 9.59 Å². The van der Waals surface area contributed by atoms with Crippen molar-refractivity contribution in [1.82, 2.24) is 0 Å². The van der Waals surface area contributed by atoms with Crippen LogP contribution >= 0.6 is 0 Å². The van der Waals surface area contributed by atoms with Gasteiger partial charge >= 0.3 is 11.9 Å². The van der Waals surface area contributed by atoms with Crippen LogP contribution < -0.4 is 28.4 Å². The number of esters is 2. The lowest BCUT2D eigenvalue weighted by Crippen LogP contribution is -2.12. The van der Waals surface area contributed by atoms with Crippen molar-refractivity contribution in [2.75, 3.05) is 26.4 Å².